The fourth-order valence-electron chi connectivity index (χ4n) is 1.32. The Hall–Kier alpha value is -0.970. The van der Waals surface area contributed by atoms with E-state index in [1.54, 1.807) is 0 Å². The molecule has 0 bridgehead atoms. The minimum absolute atomic E-state index is 0.748. The summed E-state index contributed by atoms with van der Waals surface area (Å²) in [6.45, 7) is 6.47. The second-order valence-electron chi connectivity index (χ2n) is 4.83. The Balaban J connectivity index is 2.41. The van der Waals surface area contributed by atoms with Gasteiger partial charge in [0.1, 0.15) is 6.54 Å². The molecule has 0 aliphatic rings. The molecule has 0 fully saturated rings. The summed E-state index contributed by atoms with van der Waals surface area (Å²) in [5.74, 6) is 1.54. The van der Waals surface area contributed by atoms with Gasteiger partial charge in [-0.1, -0.05) is 13.8 Å². The lowest BCUT2D eigenvalue weighted by Gasteiger charge is -2.28. The van der Waals surface area contributed by atoms with Crippen molar-refractivity contribution in [1.82, 2.24) is 20.6 Å². The van der Waals surface area contributed by atoms with Gasteiger partial charge in [0.05, 0.1) is 20.6 Å². The maximum absolute atomic E-state index is 3.97. The van der Waals surface area contributed by atoms with Crippen molar-refractivity contribution < 1.29 is 4.48 Å². The number of tetrazole rings is 1. The Labute approximate surface area is 85.1 Å². The van der Waals surface area contributed by atoms with Crippen molar-refractivity contribution >= 4 is 0 Å². The van der Waals surface area contributed by atoms with Gasteiger partial charge in [0.2, 0.25) is 5.82 Å². The van der Waals surface area contributed by atoms with Crippen LogP contribution in [0.5, 0.6) is 0 Å². The summed E-state index contributed by atoms with van der Waals surface area (Å²) in [5, 5.41) is 14.0. The molecule has 1 aromatic heterocycles. The van der Waals surface area contributed by atoms with E-state index < -0.39 is 0 Å². The average molecular weight is 198 g/mol. The number of quaternary nitrogens is 1. The second-order valence-corrected chi connectivity index (χ2v) is 4.83. The van der Waals surface area contributed by atoms with Crippen LogP contribution in [0.15, 0.2) is 0 Å². The van der Waals surface area contributed by atoms with Gasteiger partial charge in [-0.2, -0.15) is 5.21 Å². The molecule has 0 aromatic carbocycles. The summed E-state index contributed by atoms with van der Waals surface area (Å²) in [5.41, 5.74) is 0. The van der Waals surface area contributed by atoms with Crippen LogP contribution in [0.25, 0.3) is 0 Å². The molecule has 0 atom stereocenters. The molecule has 80 valence electrons. The van der Waals surface area contributed by atoms with Gasteiger partial charge in [0.15, 0.2) is 0 Å². The molecule has 1 heterocycles. The van der Waals surface area contributed by atoms with Gasteiger partial charge in [-0.3, -0.25) is 0 Å². The van der Waals surface area contributed by atoms with Crippen molar-refractivity contribution in [3.8, 4) is 0 Å². The third-order valence-electron chi connectivity index (χ3n) is 2.27. The molecule has 14 heavy (non-hydrogen) atoms. The molecule has 5 nitrogen and oxygen atoms in total. The van der Waals surface area contributed by atoms with Crippen LogP contribution in [0, 0.1) is 5.92 Å². The molecule has 0 aliphatic carbocycles. The zero-order valence-electron chi connectivity index (χ0n) is 9.49. The molecule has 0 spiro atoms. The maximum Gasteiger partial charge on any atom is 0.228 e. The minimum Gasteiger partial charge on any atom is -0.322 e. The molecule has 1 aromatic rings. The number of hydrogen-bond donors (Lipinski definition) is 1. The fraction of sp³-hybridized carbons (Fsp3) is 0.889. The summed E-state index contributed by atoms with van der Waals surface area (Å²) < 4.78 is 0.914. The maximum atomic E-state index is 3.97. The smallest absolute Gasteiger partial charge is 0.228 e. The third kappa shape index (κ3) is 3.83. The Kier molecular flexibility index (Phi) is 3.57. The number of nitrogens with zero attached hydrogens (tertiary/aromatic N) is 4. The lowest BCUT2D eigenvalue weighted by molar-refractivity contribution is -0.904. The van der Waals surface area contributed by atoms with E-state index in [0.717, 1.165) is 29.3 Å². The van der Waals surface area contributed by atoms with Gasteiger partial charge in [-0.05, 0) is 17.6 Å². The van der Waals surface area contributed by atoms with Crippen LogP contribution < -0.4 is 0 Å². The zero-order chi connectivity index (χ0) is 10.6. The van der Waals surface area contributed by atoms with E-state index in [1.165, 1.54) is 6.42 Å². The van der Waals surface area contributed by atoms with E-state index in [2.05, 4.69) is 48.6 Å². The first kappa shape index (κ1) is 11.1. The minimum atomic E-state index is 0.748. The monoisotopic (exact) mass is 198 g/mol. The first-order valence-corrected chi connectivity index (χ1v) is 5.04. The normalized spacial score (nSPS) is 12.4. The Morgan fingerprint density at radius 3 is 2.57 bits per heavy atom. The van der Waals surface area contributed by atoms with Crippen molar-refractivity contribution in [3.05, 3.63) is 5.82 Å². The SMILES string of the molecule is CC(C)CC[N+](C)(C)Cc1nn[nH]n1. The van der Waals surface area contributed by atoms with Gasteiger partial charge in [0, 0.05) is 0 Å². The van der Waals surface area contributed by atoms with Crippen LogP contribution in [-0.2, 0) is 6.54 Å². The van der Waals surface area contributed by atoms with E-state index in [-0.39, 0.29) is 0 Å². The highest BCUT2D eigenvalue weighted by molar-refractivity contribution is 4.70. The predicted octanol–water partition coefficient (Wildman–Crippen LogP) is 0.822. The van der Waals surface area contributed by atoms with E-state index in [1.807, 2.05) is 0 Å². The van der Waals surface area contributed by atoms with Crippen LogP contribution in [0.3, 0.4) is 0 Å². The molecule has 0 amide bonds. The quantitative estimate of drug-likeness (QED) is 0.713. The molecule has 0 unspecified atom stereocenters. The topological polar surface area (TPSA) is 54.5 Å². The summed E-state index contributed by atoms with van der Waals surface area (Å²) >= 11 is 0. The van der Waals surface area contributed by atoms with Gasteiger partial charge >= 0.3 is 0 Å². The largest absolute Gasteiger partial charge is 0.322 e. The highest BCUT2D eigenvalue weighted by Gasteiger charge is 2.18. The zero-order valence-corrected chi connectivity index (χ0v) is 9.49. The molecule has 0 saturated carbocycles. The first-order valence-electron chi connectivity index (χ1n) is 5.04. The van der Waals surface area contributed by atoms with E-state index in [9.17, 15) is 0 Å². The van der Waals surface area contributed by atoms with Gasteiger partial charge in [-0.25, -0.2) is 0 Å². The lowest BCUT2D eigenvalue weighted by Crippen LogP contribution is -2.40. The first-order chi connectivity index (χ1) is 6.49. The van der Waals surface area contributed by atoms with Crippen LogP contribution >= 0.6 is 0 Å². The van der Waals surface area contributed by atoms with Crippen LogP contribution in [0.2, 0.25) is 0 Å². The van der Waals surface area contributed by atoms with Crippen molar-refractivity contribution in [2.45, 2.75) is 26.8 Å². The molecular weight excluding hydrogens is 178 g/mol. The molecule has 0 radical (unpaired) electrons. The van der Waals surface area contributed by atoms with Crippen molar-refractivity contribution in [2.24, 2.45) is 5.92 Å². The number of aromatic nitrogens is 4. The van der Waals surface area contributed by atoms with Gasteiger partial charge < -0.3 is 4.48 Å². The number of rotatable bonds is 5. The van der Waals surface area contributed by atoms with Crippen LogP contribution in [0.4, 0.5) is 0 Å². The summed E-state index contributed by atoms with van der Waals surface area (Å²) in [7, 11) is 4.39. The summed E-state index contributed by atoms with van der Waals surface area (Å²) in [6.07, 6.45) is 1.23. The van der Waals surface area contributed by atoms with E-state index in [4.69, 9.17) is 0 Å². The highest BCUT2D eigenvalue weighted by atomic mass is 15.5. The molecular formula is C9H20N5+. The highest BCUT2D eigenvalue weighted by Crippen LogP contribution is 2.09. The number of hydrogen-bond acceptors (Lipinski definition) is 3. The van der Waals surface area contributed by atoms with Crippen molar-refractivity contribution in [3.63, 3.8) is 0 Å². The fourth-order valence-corrected chi connectivity index (χ4v) is 1.32. The predicted molar refractivity (Wildman–Crippen MR) is 54.3 cm³/mol. The van der Waals surface area contributed by atoms with Crippen LogP contribution in [0.1, 0.15) is 26.1 Å². The number of nitrogens with one attached hydrogen (secondary N) is 1. The molecule has 0 aliphatic heterocycles. The third-order valence-corrected chi connectivity index (χ3v) is 2.27. The Morgan fingerprint density at radius 1 is 1.36 bits per heavy atom. The van der Waals surface area contributed by atoms with Crippen molar-refractivity contribution in [2.75, 3.05) is 20.6 Å². The molecule has 1 rings (SSSR count). The average Bonchev–Trinajstić information content (AvgIpc) is 2.53. The standard InChI is InChI=1S/C9H20N5/c1-8(2)5-6-14(3,4)7-9-10-12-13-11-9/h8H,5-7H2,1-4H3,(H,10,11,12,13)/q+1. The van der Waals surface area contributed by atoms with Crippen LogP contribution in [-0.4, -0.2) is 45.7 Å². The van der Waals surface area contributed by atoms with Gasteiger partial charge in [0.25, 0.3) is 0 Å². The van der Waals surface area contributed by atoms with Crippen molar-refractivity contribution in [1.29, 1.82) is 0 Å². The summed E-state index contributed by atoms with van der Waals surface area (Å²) in [4.78, 5) is 0. The molecule has 1 N–H and O–H groups in total. The van der Waals surface area contributed by atoms with E-state index >= 15 is 0 Å². The lowest BCUT2D eigenvalue weighted by atomic mass is 10.1. The number of H-pyrrole nitrogens is 1. The summed E-state index contributed by atoms with van der Waals surface area (Å²) in [6, 6.07) is 0. The Bertz CT molecular complexity index is 252. The van der Waals surface area contributed by atoms with Gasteiger partial charge in [-0.15, -0.1) is 10.2 Å². The molecule has 0 saturated heterocycles. The van der Waals surface area contributed by atoms with E-state index in [0.29, 0.717) is 0 Å². The second kappa shape index (κ2) is 4.50. The number of aromatic amines is 1. The molecule has 5 heteroatoms. The Morgan fingerprint density at radius 2 is 2.07 bits per heavy atom.